The molecule has 4 heteroatoms. The zero-order valence-corrected chi connectivity index (χ0v) is 7.49. The highest BCUT2D eigenvalue weighted by Gasteiger charge is 2.02. The highest BCUT2D eigenvalue weighted by atomic mass is 15.0. The number of nitrogens with two attached hydrogens (primary N) is 1. The van der Waals surface area contributed by atoms with Gasteiger partial charge in [0.25, 0.3) is 0 Å². The Hall–Kier alpha value is -1.76. The molecule has 1 rings (SSSR count). The second-order valence-electron chi connectivity index (χ2n) is 2.60. The average Bonchev–Trinajstić information content (AvgIpc) is 2.14. The molecule has 0 aromatic carbocycles. The molecule has 0 saturated heterocycles. The van der Waals surface area contributed by atoms with Gasteiger partial charge in [0, 0.05) is 6.07 Å². The fourth-order valence-electron chi connectivity index (χ4n) is 0.891. The van der Waals surface area contributed by atoms with Crippen LogP contribution in [0.5, 0.6) is 0 Å². The number of hydrogen-bond acceptors (Lipinski definition) is 4. The third-order valence-corrected chi connectivity index (χ3v) is 1.62. The van der Waals surface area contributed by atoms with E-state index in [1.165, 1.54) is 6.33 Å². The van der Waals surface area contributed by atoms with Crippen LogP contribution in [0.1, 0.15) is 13.3 Å². The zero-order valence-electron chi connectivity index (χ0n) is 7.49. The summed E-state index contributed by atoms with van der Waals surface area (Å²) in [5.74, 6) is 3.71. The Kier molecular flexibility index (Phi) is 3.09. The molecule has 1 unspecified atom stereocenters. The summed E-state index contributed by atoms with van der Waals surface area (Å²) in [5, 5.41) is 3.05. The maximum atomic E-state index is 5.47. The van der Waals surface area contributed by atoms with Crippen molar-refractivity contribution < 1.29 is 0 Å². The second-order valence-corrected chi connectivity index (χ2v) is 2.60. The van der Waals surface area contributed by atoms with Crippen LogP contribution in [0.3, 0.4) is 0 Å². The highest BCUT2D eigenvalue weighted by molar-refractivity contribution is 5.45. The Bertz CT molecular complexity index is 316. The molecule has 68 valence electrons. The lowest BCUT2D eigenvalue weighted by Gasteiger charge is -2.10. The number of nitrogen functional groups attached to an aromatic ring is 1. The third-order valence-electron chi connectivity index (χ3n) is 1.62. The first kappa shape index (κ1) is 9.33. The third kappa shape index (κ3) is 2.64. The fraction of sp³-hybridized carbons (Fsp3) is 0.333. The summed E-state index contributed by atoms with van der Waals surface area (Å²) in [6, 6.07) is 1.65. The van der Waals surface area contributed by atoms with Gasteiger partial charge in [0.2, 0.25) is 0 Å². The molecule has 0 radical (unpaired) electrons. The fourth-order valence-corrected chi connectivity index (χ4v) is 0.891. The smallest absolute Gasteiger partial charge is 0.132 e. The minimum atomic E-state index is -0.00528. The number of nitrogens with zero attached hydrogens (tertiary/aromatic N) is 2. The lowest BCUT2D eigenvalue weighted by atomic mass is 10.2. The van der Waals surface area contributed by atoms with Crippen molar-refractivity contribution in [1.82, 2.24) is 9.97 Å². The van der Waals surface area contributed by atoms with E-state index in [0.717, 1.165) is 6.42 Å². The molecule has 1 aromatic heterocycles. The van der Waals surface area contributed by atoms with E-state index in [2.05, 4.69) is 21.2 Å². The molecule has 3 N–H and O–H groups in total. The topological polar surface area (TPSA) is 63.8 Å². The van der Waals surface area contributed by atoms with Gasteiger partial charge in [0.15, 0.2) is 0 Å². The summed E-state index contributed by atoms with van der Waals surface area (Å²) in [6.45, 7) is 2.00. The first-order valence-corrected chi connectivity index (χ1v) is 4.06. The maximum absolute atomic E-state index is 5.47. The summed E-state index contributed by atoms with van der Waals surface area (Å²) in [7, 11) is 0. The maximum Gasteiger partial charge on any atom is 0.132 e. The molecule has 13 heavy (non-hydrogen) atoms. The van der Waals surface area contributed by atoms with Crippen molar-refractivity contribution in [3.8, 4) is 12.3 Å². The molecule has 1 heterocycles. The molecule has 0 spiro atoms. The van der Waals surface area contributed by atoms with Crippen LogP contribution in [0, 0.1) is 12.3 Å². The van der Waals surface area contributed by atoms with E-state index in [9.17, 15) is 0 Å². The molecule has 0 amide bonds. The number of nitrogens with one attached hydrogen (secondary N) is 1. The number of anilines is 2. The van der Waals surface area contributed by atoms with Crippen LogP contribution in [0.4, 0.5) is 11.6 Å². The molecule has 0 aliphatic rings. The van der Waals surface area contributed by atoms with Crippen molar-refractivity contribution >= 4 is 11.6 Å². The average molecular weight is 176 g/mol. The first-order chi connectivity index (χ1) is 6.26. The molecular weight excluding hydrogens is 164 g/mol. The van der Waals surface area contributed by atoms with Crippen LogP contribution < -0.4 is 11.1 Å². The minimum Gasteiger partial charge on any atom is -0.384 e. The van der Waals surface area contributed by atoms with Crippen molar-refractivity contribution in [2.45, 2.75) is 19.4 Å². The van der Waals surface area contributed by atoms with Crippen molar-refractivity contribution in [3.05, 3.63) is 12.4 Å². The Morgan fingerprint density at radius 2 is 2.46 bits per heavy atom. The minimum absolute atomic E-state index is 0.00528. The van der Waals surface area contributed by atoms with Gasteiger partial charge < -0.3 is 11.1 Å². The van der Waals surface area contributed by atoms with Crippen LogP contribution >= 0.6 is 0 Å². The Morgan fingerprint density at radius 3 is 3.00 bits per heavy atom. The summed E-state index contributed by atoms with van der Waals surface area (Å²) < 4.78 is 0. The van der Waals surface area contributed by atoms with Crippen LogP contribution in [-0.2, 0) is 0 Å². The van der Waals surface area contributed by atoms with E-state index < -0.39 is 0 Å². The molecule has 1 atom stereocenters. The summed E-state index contributed by atoms with van der Waals surface area (Å²) in [4.78, 5) is 7.75. The number of aromatic nitrogens is 2. The van der Waals surface area contributed by atoms with E-state index >= 15 is 0 Å². The van der Waals surface area contributed by atoms with Crippen LogP contribution in [0.2, 0.25) is 0 Å². The molecule has 0 aliphatic heterocycles. The molecule has 0 aliphatic carbocycles. The van der Waals surface area contributed by atoms with Gasteiger partial charge in [-0.15, -0.1) is 6.42 Å². The molecule has 0 fully saturated rings. The quantitative estimate of drug-likeness (QED) is 0.671. The summed E-state index contributed by atoms with van der Waals surface area (Å²) in [5.41, 5.74) is 5.47. The van der Waals surface area contributed by atoms with Gasteiger partial charge in [-0.1, -0.05) is 12.8 Å². The van der Waals surface area contributed by atoms with Crippen molar-refractivity contribution in [1.29, 1.82) is 0 Å². The standard InChI is InChI=1S/C9H12N4/c1-3-7(4-2)13-9-5-8(10)11-6-12-9/h1,5-7H,4H2,2H3,(H3,10,11,12,13). The van der Waals surface area contributed by atoms with Gasteiger partial charge in [0.05, 0.1) is 6.04 Å². The van der Waals surface area contributed by atoms with Gasteiger partial charge in [-0.05, 0) is 6.42 Å². The van der Waals surface area contributed by atoms with Crippen LogP contribution in [-0.4, -0.2) is 16.0 Å². The van der Waals surface area contributed by atoms with Gasteiger partial charge in [-0.25, -0.2) is 9.97 Å². The highest BCUT2D eigenvalue weighted by Crippen LogP contribution is 2.07. The largest absolute Gasteiger partial charge is 0.384 e. The van der Waals surface area contributed by atoms with E-state index in [1.807, 2.05) is 6.92 Å². The van der Waals surface area contributed by atoms with Crippen molar-refractivity contribution in [3.63, 3.8) is 0 Å². The van der Waals surface area contributed by atoms with Crippen LogP contribution in [0.25, 0.3) is 0 Å². The number of terminal acetylenes is 1. The normalized spacial score (nSPS) is 11.7. The predicted octanol–water partition coefficient (Wildman–Crippen LogP) is 0.883. The molecule has 1 aromatic rings. The summed E-state index contributed by atoms with van der Waals surface area (Å²) >= 11 is 0. The Morgan fingerprint density at radius 1 is 1.69 bits per heavy atom. The first-order valence-electron chi connectivity index (χ1n) is 4.06. The summed E-state index contributed by atoms with van der Waals surface area (Å²) in [6.07, 6.45) is 7.53. The lowest BCUT2D eigenvalue weighted by Crippen LogP contribution is -2.16. The zero-order chi connectivity index (χ0) is 9.68. The van der Waals surface area contributed by atoms with Crippen molar-refractivity contribution in [2.75, 3.05) is 11.1 Å². The van der Waals surface area contributed by atoms with Gasteiger partial charge in [-0.3, -0.25) is 0 Å². The van der Waals surface area contributed by atoms with Gasteiger partial charge in [0.1, 0.15) is 18.0 Å². The van der Waals surface area contributed by atoms with E-state index in [-0.39, 0.29) is 6.04 Å². The second kappa shape index (κ2) is 4.31. The molecule has 0 bridgehead atoms. The Balaban J connectivity index is 2.69. The van der Waals surface area contributed by atoms with Crippen molar-refractivity contribution in [2.24, 2.45) is 0 Å². The van der Waals surface area contributed by atoms with E-state index in [1.54, 1.807) is 6.07 Å². The molecule has 4 nitrogen and oxygen atoms in total. The van der Waals surface area contributed by atoms with Gasteiger partial charge in [-0.2, -0.15) is 0 Å². The molecular formula is C9H12N4. The van der Waals surface area contributed by atoms with E-state index in [0.29, 0.717) is 11.6 Å². The predicted molar refractivity (Wildman–Crippen MR) is 53.0 cm³/mol. The lowest BCUT2D eigenvalue weighted by molar-refractivity contribution is 0.849. The Labute approximate surface area is 77.6 Å². The monoisotopic (exact) mass is 176 g/mol. The number of rotatable bonds is 3. The van der Waals surface area contributed by atoms with Gasteiger partial charge >= 0.3 is 0 Å². The SMILES string of the molecule is C#CC(CC)Nc1cc(N)ncn1. The molecule has 0 saturated carbocycles. The van der Waals surface area contributed by atoms with E-state index in [4.69, 9.17) is 12.2 Å². The number of hydrogen-bond donors (Lipinski definition) is 2. The van der Waals surface area contributed by atoms with Crippen LogP contribution in [0.15, 0.2) is 12.4 Å².